The van der Waals surface area contributed by atoms with Crippen LogP contribution in [0.25, 0.3) is 0 Å². The van der Waals surface area contributed by atoms with E-state index in [1.165, 1.54) is 35.4 Å². The lowest BCUT2D eigenvalue weighted by Crippen LogP contribution is -2.30. The molecule has 0 unspecified atom stereocenters. The summed E-state index contributed by atoms with van der Waals surface area (Å²) >= 11 is 0. The van der Waals surface area contributed by atoms with E-state index in [0.717, 1.165) is 15.6 Å². The highest BCUT2D eigenvalue weighted by molar-refractivity contribution is 7.90. The first-order chi connectivity index (χ1) is 16.3. The zero-order valence-corrected chi connectivity index (χ0v) is 19.7. The van der Waals surface area contributed by atoms with Crippen molar-refractivity contribution < 1.29 is 38.6 Å². The number of rotatable bonds is 6. The highest BCUT2D eigenvalue weighted by Crippen LogP contribution is 2.41. The second kappa shape index (κ2) is 8.82. The average Bonchev–Trinajstić information content (AvgIpc) is 3.44. The summed E-state index contributed by atoms with van der Waals surface area (Å²) in [5.74, 6) is -1.69. The minimum absolute atomic E-state index is 0.0176. The summed E-state index contributed by atoms with van der Waals surface area (Å²) in [4.78, 5) is 4.99. The Balaban J connectivity index is 1.76. The van der Waals surface area contributed by atoms with Crippen molar-refractivity contribution in [1.82, 2.24) is 8.96 Å². The lowest BCUT2D eigenvalue weighted by molar-refractivity contribution is -0.0501. The Morgan fingerprint density at radius 3 is 2.43 bits per heavy atom. The maximum absolute atomic E-state index is 14.1. The number of pyridine rings is 1. The Hall–Kier alpha value is -3.13. The standard InChI is InChI=1S/C21H19F4N3O5S2/c1-14-6-8-16(9-7-14)34(29,30)28-11-3-5-19(28)27-10-2-4-18(27)17-12-15(22)13-26-20(17)33-35(31,32)21(23,24)25/h3,5-9,11-13,18H,2,4,10H2,1H3/t18-/m1/s1. The van der Waals surface area contributed by atoms with Crippen molar-refractivity contribution in [3.63, 3.8) is 0 Å². The van der Waals surface area contributed by atoms with Gasteiger partial charge >= 0.3 is 15.6 Å². The molecule has 2 aromatic heterocycles. The van der Waals surface area contributed by atoms with Crippen LogP contribution in [0.2, 0.25) is 0 Å². The van der Waals surface area contributed by atoms with Crippen LogP contribution in [0.4, 0.5) is 23.4 Å². The molecule has 0 saturated carbocycles. The van der Waals surface area contributed by atoms with Gasteiger partial charge in [-0.25, -0.2) is 21.8 Å². The fraction of sp³-hybridized carbons (Fsp3) is 0.286. The zero-order valence-electron chi connectivity index (χ0n) is 18.1. The monoisotopic (exact) mass is 533 g/mol. The normalized spacial score (nSPS) is 17.1. The van der Waals surface area contributed by atoms with Crippen molar-refractivity contribution >= 4 is 26.0 Å². The van der Waals surface area contributed by atoms with Gasteiger partial charge in [0.15, 0.2) is 0 Å². The quantitative estimate of drug-likeness (QED) is 0.267. The van der Waals surface area contributed by atoms with Gasteiger partial charge in [0.25, 0.3) is 10.0 Å². The number of alkyl halides is 3. The number of halogens is 4. The predicted molar refractivity (Wildman–Crippen MR) is 117 cm³/mol. The van der Waals surface area contributed by atoms with Gasteiger partial charge in [-0.2, -0.15) is 21.6 Å². The predicted octanol–water partition coefficient (Wildman–Crippen LogP) is 4.14. The average molecular weight is 534 g/mol. The number of nitrogens with zero attached hydrogens (tertiary/aromatic N) is 3. The van der Waals surface area contributed by atoms with Gasteiger partial charge < -0.3 is 9.08 Å². The van der Waals surface area contributed by atoms with Crippen LogP contribution < -0.4 is 9.08 Å². The van der Waals surface area contributed by atoms with Gasteiger partial charge in [0.1, 0.15) is 11.6 Å². The van der Waals surface area contributed by atoms with Gasteiger partial charge in [0, 0.05) is 18.3 Å². The van der Waals surface area contributed by atoms with Crippen LogP contribution in [-0.4, -0.2) is 37.8 Å². The Kier molecular flexibility index (Phi) is 6.30. The molecule has 3 heterocycles. The lowest BCUT2D eigenvalue weighted by atomic mass is 10.1. The highest BCUT2D eigenvalue weighted by Gasteiger charge is 2.49. The summed E-state index contributed by atoms with van der Waals surface area (Å²) in [5.41, 5.74) is -5.11. The molecular weight excluding hydrogens is 514 g/mol. The van der Waals surface area contributed by atoms with Crippen LogP contribution in [0, 0.1) is 12.7 Å². The third-order valence-electron chi connectivity index (χ3n) is 5.49. The third kappa shape index (κ3) is 4.72. The van der Waals surface area contributed by atoms with E-state index >= 15 is 0 Å². The molecule has 14 heteroatoms. The summed E-state index contributed by atoms with van der Waals surface area (Å²) in [6, 6.07) is 9.06. The van der Waals surface area contributed by atoms with E-state index in [0.29, 0.717) is 12.6 Å². The molecule has 188 valence electrons. The van der Waals surface area contributed by atoms with Crippen LogP contribution in [0.1, 0.15) is 30.0 Å². The molecule has 0 amide bonds. The molecule has 0 N–H and O–H groups in total. The Labute approximate surface area is 198 Å². The molecular formula is C21H19F4N3O5S2. The SMILES string of the molecule is Cc1ccc(S(=O)(=O)n2cccc2N2CCC[C@@H]2c2cc(F)cnc2OS(=O)(=O)C(F)(F)F)cc1. The van der Waals surface area contributed by atoms with E-state index in [9.17, 15) is 34.4 Å². The van der Waals surface area contributed by atoms with Gasteiger partial charge in [-0.1, -0.05) is 17.7 Å². The van der Waals surface area contributed by atoms with Crippen molar-refractivity contribution in [1.29, 1.82) is 0 Å². The van der Waals surface area contributed by atoms with Gasteiger partial charge in [-0.15, -0.1) is 0 Å². The molecule has 0 aliphatic carbocycles. The third-order valence-corrected chi connectivity index (χ3v) is 8.13. The topological polar surface area (TPSA) is 98.6 Å². The van der Waals surface area contributed by atoms with E-state index in [2.05, 4.69) is 9.17 Å². The van der Waals surface area contributed by atoms with E-state index in [4.69, 9.17) is 0 Å². The summed E-state index contributed by atoms with van der Waals surface area (Å²) in [5, 5.41) is 0. The maximum atomic E-state index is 14.1. The first-order valence-electron chi connectivity index (χ1n) is 10.2. The van der Waals surface area contributed by atoms with E-state index in [1.54, 1.807) is 19.1 Å². The van der Waals surface area contributed by atoms with E-state index in [-0.39, 0.29) is 29.2 Å². The van der Waals surface area contributed by atoms with Gasteiger partial charge in [-0.05, 0) is 50.1 Å². The van der Waals surface area contributed by atoms with Crippen LogP contribution in [0.15, 0.2) is 59.8 Å². The van der Waals surface area contributed by atoms with Crippen molar-refractivity contribution in [2.24, 2.45) is 0 Å². The molecule has 1 aromatic carbocycles. The number of hydrogen-bond acceptors (Lipinski definition) is 7. The van der Waals surface area contributed by atoms with Crippen LogP contribution >= 0.6 is 0 Å². The Morgan fingerprint density at radius 1 is 1.09 bits per heavy atom. The molecule has 8 nitrogen and oxygen atoms in total. The van der Waals surface area contributed by atoms with E-state index in [1.807, 2.05) is 0 Å². The number of hydrogen-bond donors (Lipinski definition) is 0. The Bertz CT molecular complexity index is 1450. The molecule has 1 saturated heterocycles. The minimum atomic E-state index is -6.06. The number of aromatic nitrogens is 2. The van der Waals surface area contributed by atoms with Gasteiger partial charge in [0.05, 0.1) is 17.1 Å². The molecule has 0 radical (unpaired) electrons. The first kappa shape index (κ1) is 25.0. The lowest BCUT2D eigenvalue weighted by Gasteiger charge is -2.28. The van der Waals surface area contributed by atoms with Crippen molar-refractivity contribution in [3.05, 3.63) is 71.8 Å². The summed E-state index contributed by atoms with van der Waals surface area (Å²) in [6.07, 6.45) is 2.57. The van der Waals surface area contributed by atoms with Crippen LogP contribution in [-0.2, 0) is 20.1 Å². The highest BCUT2D eigenvalue weighted by atomic mass is 32.2. The molecule has 3 aromatic rings. The number of benzene rings is 1. The molecule has 1 fully saturated rings. The Morgan fingerprint density at radius 2 is 1.77 bits per heavy atom. The second-order valence-corrected chi connectivity index (χ2v) is 11.2. The van der Waals surface area contributed by atoms with Crippen molar-refractivity contribution in [2.45, 2.75) is 36.2 Å². The number of anilines is 1. The minimum Gasteiger partial charge on any atom is -0.355 e. The van der Waals surface area contributed by atoms with Gasteiger partial charge in [-0.3, -0.25) is 0 Å². The van der Waals surface area contributed by atoms with Crippen LogP contribution in [0.5, 0.6) is 5.88 Å². The first-order valence-corrected chi connectivity index (χ1v) is 13.1. The largest absolute Gasteiger partial charge is 0.534 e. The molecule has 1 atom stereocenters. The fourth-order valence-corrected chi connectivity index (χ4v) is 5.66. The molecule has 1 aliphatic rings. The van der Waals surface area contributed by atoms with Crippen molar-refractivity contribution in [3.8, 4) is 5.88 Å². The summed E-state index contributed by atoms with van der Waals surface area (Å²) in [7, 11) is -10.1. The molecule has 0 spiro atoms. The fourth-order valence-electron chi connectivity index (χ4n) is 3.87. The maximum Gasteiger partial charge on any atom is 0.534 e. The molecule has 4 rings (SSSR count). The second-order valence-electron chi connectivity index (χ2n) is 7.86. The molecule has 0 bridgehead atoms. The summed E-state index contributed by atoms with van der Waals surface area (Å²) < 4.78 is 108. The van der Waals surface area contributed by atoms with Gasteiger partial charge in [0.2, 0.25) is 5.88 Å². The summed E-state index contributed by atoms with van der Waals surface area (Å²) in [6.45, 7) is 2.07. The van der Waals surface area contributed by atoms with E-state index < -0.39 is 43.4 Å². The molecule has 1 aliphatic heterocycles. The zero-order chi connectivity index (χ0) is 25.6. The van der Waals surface area contributed by atoms with Crippen LogP contribution in [0.3, 0.4) is 0 Å². The molecule has 35 heavy (non-hydrogen) atoms. The van der Waals surface area contributed by atoms with Crippen molar-refractivity contribution in [2.75, 3.05) is 11.4 Å². The number of aryl methyl sites for hydroxylation is 1. The smallest absolute Gasteiger partial charge is 0.355 e.